The zero-order valence-electron chi connectivity index (χ0n) is 18.0. The minimum Gasteiger partial charge on any atom is -0.338 e. The van der Waals surface area contributed by atoms with Crippen LogP contribution in [0.3, 0.4) is 0 Å². The van der Waals surface area contributed by atoms with Crippen LogP contribution in [0.1, 0.15) is 63.9 Å². The van der Waals surface area contributed by atoms with Crippen molar-refractivity contribution in [3.8, 4) is 0 Å². The summed E-state index contributed by atoms with van der Waals surface area (Å²) < 4.78 is 1.75. The number of likely N-dealkylation sites (tertiary alicyclic amines) is 1. The van der Waals surface area contributed by atoms with Crippen molar-refractivity contribution < 1.29 is 4.79 Å². The van der Waals surface area contributed by atoms with Gasteiger partial charge >= 0.3 is 0 Å². The molecule has 6 heteroatoms. The monoisotopic (exact) mass is 433 g/mol. The number of amides is 1. The van der Waals surface area contributed by atoms with Crippen LogP contribution in [0, 0.1) is 13.8 Å². The number of benzene rings is 1. The van der Waals surface area contributed by atoms with Gasteiger partial charge < -0.3 is 9.47 Å². The Hall–Kier alpha value is -2.73. The van der Waals surface area contributed by atoms with Crippen LogP contribution in [0.2, 0.25) is 0 Å². The zero-order valence-corrected chi connectivity index (χ0v) is 18.8. The van der Waals surface area contributed by atoms with Gasteiger partial charge in [0.25, 0.3) is 11.5 Å². The van der Waals surface area contributed by atoms with E-state index < -0.39 is 0 Å². The molecular weight excluding hydrogens is 406 g/mol. The Kier molecular flexibility index (Phi) is 5.05. The fourth-order valence-electron chi connectivity index (χ4n) is 4.82. The maximum atomic E-state index is 13.4. The maximum Gasteiger partial charge on any atom is 0.263 e. The summed E-state index contributed by atoms with van der Waals surface area (Å²) in [5.41, 5.74) is 3.12. The van der Waals surface area contributed by atoms with Crippen LogP contribution in [0.25, 0.3) is 0 Å². The lowest BCUT2D eigenvalue weighted by Gasteiger charge is -2.41. The van der Waals surface area contributed by atoms with Gasteiger partial charge in [0.1, 0.15) is 5.56 Å². The lowest BCUT2D eigenvalue weighted by atomic mass is 9.70. The second-order valence-electron chi connectivity index (χ2n) is 8.81. The third-order valence-electron chi connectivity index (χ3n) is 6.82. The van der Waals surface area contributed by atoms with Crippen LogP contribution in [0.4, 0.5) is 0 Å². The van der Waals surface area contributed by atoms with Crippen molar-refractivity contribution in [3.63, 3.8) is 0 Å². The summed E-state index contributed by atoms with van der Waals surface area (Å²) in [6.45, 7) is 5.12. The highest BCUT2D eigenvalue weighted by Crippen LogP contribution is 2.42. The van der Waals surface area contributed by atoms with E-state index in [-0.39, 0.29) is 22.9 Å². The summed E-state index contributed by atoms with van der Waals surface area (Å²) in [6, 6.07) is 12.7. The van der Waals surface area contributed by atoms with Crippen LogP contribution in [-0.4, -0.2) is 33.4 Å². The molecule has 1 aliphatic carbocycles. The van der Waals surface area contributed by atoms with Crippen LogP contribution in [0.15, 0.2) is 52.8 Å². The smallest absolute Gasteiger partial charge is 0.263 e. The highest BCUT2D eigenvalue weighted by Gasteiger charge is 2.41. The Bertz CT molecular complexity index is 1170. The molecule has 1 saturated carbocycles. The molecule has 3 aromatic rings. The van der Waals surface area contributed by atoms with Crippen molar-refractivity contribution in [2.24, 2.45) is 0 Å². The van der Waals surface area contributed by atoms with Crippen molar-refractivity contribution in [3.05, 3.63) is 85.7 Å². The van der Waals surface area contributed by atoms with Gasteiger partial charge in [-0.3, -0.25) is 9.59 Å². The van der Waals surface area contributed by atoms with E-state index in [0.29, 0.717) is 18.7 Å². The number of carbonyl (C=O) groups excluding carboxylic acids is 1. The predicted octanol–water partition coefficient (Wildman–Crippen LogP) is 4.48. The van der Waals surface area contributed by atoms with Gasteiger partial charge in [0.2, 0.25) is 0 Å². The van der Waals surface area contributed by atoms with Gasteiger partial charge in [-0.05, 0) is 56.7 Å². The van der Waals surface area contributed by atoms with Crippen LogP contribution in [0.5, 0.6) is 0 Å². The number of thiazole rings is 1. The number of hydrogen-bond donors (Lipinski definition) is 0. The van der Waals surface area contributed by atoms with E-state index in [0.717, 1.165) is 41.9 Å². The van der Waals surface area contributed by atoms with Crippen molar-refractivity contribution in [1.29, 1.82) is 0 Å². The molecule has 1 aliphatic heterocycles. The van der Waals surface area contributed by atoms with Gasteiger partial charge in [-0.15, -0.1) is 11.3 Å². The molecule has 0 radical (unpaired) electrons. The Morgan fingerprint density at radius 3 is 2.42 bits per heavy atom. The minimum atomic E-state index is -0.192. The quantitative estimate of drug-likeness (QED) is 0.610. The first kappa shape index (κ1) is 20.2. The summed E-state index contributed by atoms with van der Waals surface area (Å²) in [5, 5.41) is 3.22. The summed E-state index contributed by atoms with van der Waals surface area (Å²) in [4.78, 5) is 33.2. The molecule has 0 spiro atoms. The van der Waals surface area contributed by atoms with E-state index in [1.807, 2.05) is 37.1 Å². The third kappa shape index (κ3) is 3.53. The number of pyridine rings is 1. The first-order valence-corrected chi connectivity index (χ1v) is 11.9. The summed E-state index contributed by atoms with van der Waals surface area (Å²) in [5.74, 6) is -0.131. The average molecular weight is 434 g/mol. The second kappa shape index (κ2) is 7.75. The largest absolute Gasteiger partial charge is 0.338 e. The lowest BCUT2D eigenvalue weighted by Crippen LogP contribution is -2.47. The number of carbonyl (C=O) groups is 1. The molecule has 1 saturated heterocycles. The number of aryl methyl sites for hydroxylation is 2. The fraction of sp³-hybridized carbons (Fsp3) is 0.400. The number of hydrogen-bond acceptors (Lipinski definition) is 4. The molecule has 31 heavy (non-hydrogen) atoms. The van der Waals surface area contributed by atoms with Crippen molar-refractivity contribution >= 4 is 17.2 Å². The standard InChI is InChI=1S/C25H27N3O2S/c1-17-10-13-28(20-8-9-20)24(30)22(17)23(29)27-14-11-25(12-15-27,19-6-4-3-5-7-19)21-16-31-18(2)26-21/h3-7,10,13,16,20H,8-9,11-12,14-15H2,1-2H3. The summed E-state index contributed by atoms with van der Waals surface area (Å²) >= 11 is 1.67. The van der Waals surface area contributed by atoms with Crippen molar-refractivity contribution in [1.82, 2.24) is 14.5 Å². The molecule has 2 aromatic heterocycles. The minimum absolute atomic E-state index is 0.131. The number of piperidine rings is 1. The highest BCUT2D eigenvalue weighted by molar-refractivity contribution is 7.09. The Balaban J connectivity index is 1.44. The van der Waals surface area contributed by atoms with Crippen LogP contribution in [-0.2, 0) is 5.41 Å². The van der Waals surface area contributed by atoms with Gasteiger partial charge in [-0.25, -0.2) is 4.98 Å². The molecule has 0 N–H and O–H groups in total. The van der Waals surface area contributed by atoms with Crippen LogP contribution >= 0.6 is 11.3 Å². The summed E-state index contributed by atoms with van der Waals surface area (Å²) in [6.07, 6.45) is 5.48. The SMILES string of the molecule is Cc1nc(C2(c3ccccc3)CCN(C(=O)c3c(C)ccn(C4CC4)c3=O)CC2)cs1. The predicted molar refractivity (Wildman–Crippen MR) is 123 cm³/mol. The molecular formula is C25H27N3O2S. The second-order valence-corrected chi connectivity index (χ2v) is 9.87. The molecule has 1 aromatic carbocycles. The molecule has 2 fully saturated rings. The van der Waals surface area contributed by atoms with Crippen LogP contribution < -0.4 is 5.56 Å². The molecule has 0 atom stereocenters. The van der Waals surface area contributed by atoms with Gasteiger partial charge in [0, 0.05) is 36.1 Å². The van der Waals surface area contributed by atoms with Crippen molar-refractivity contribution in [2.75, 3.05) is 13.1 Å². The molecule has 160 valence electrons. The highest BCUT2D eigenvalue weighted by atomic mass is 32.1. The van der Waals surface area contributed by atoms with Gasteiger partial charge in [-0.1, -0.05) is 30.3 Å². The van der Waals surface area contributed by atoms with E-state index in [1.54, 1.807) is 15.9 Å². The topological polar surface area (TPSA) is 55.2 Å². The van der Waals surface area contributed by atoms with Gasteiger partial charge in [0.15, 0.2) is 0 Å². The molecule has 5 rings (SSSR count). The normalized spacial score (nSPS) is 18.2. The fourth-order valence-corrected chi connectivity index (χ4v) is 5.54. The van der Waals surface area contributed by atoms with Gasteiger partial charge in [-0.2, -0.15) is 0 Å². The van der Waals surface area contributed by atoms with E-state index >= 15 is 0 Å². The van der Waals surface area contributed by atoms with Crippen molar-refractivity contribution in [2.45, 2.75) is 51.0 Å². The summed E-state index contributed by atoms with van der Waals surface area (Å²) in [7, 11) is 0. The molecule has 2 aliphatic rings. The number of rotatable bonds is 4. The number of nitrogens with zero attached hydrogens (tertiary/aromatic N) is 3. The average Bonchev–Trinajstić information content (AvgIpc) is 3.53. The first-order chi connectivity index (χ1) is 15.0. The van der Waals surface area contributed by atoms with E-state index in [4.69, 9.17) is 4.98 Å². The van der Waals surface area contributed by atoms with E-state index in [9.17, 15) is 9.59 Å². The van der Waals surface area contributed by atoms with E-state index in [2.05, 4.69) is 29.6 Å². The molecule has 0 bridgehead atoms. The zero-order chi connectivity index (χ0) is 21.6. The first-order valence-electron chi connectivity index (χ1n) is 11.0. The van der Waals surface area contributed by atoms with Gasteiger partial charge in [0.05, 0.1) is 10.7 Å². The lowest BCUT2D eigenvalue weighted by molar-refractivity contribution is 0.0680. The molecule has 5 nitrogen and oxygen atoms in total. The maximum absolute atomic E-state index is 13.4. The Morgan fingerprint density at radius 1 is 1.10 bits per heavy atom. The molecule has 1 amide bonds. The van der Waals surface area contributed by atoms with E-state index in [1.165, 1.54) is 5.56 Å². The molecule has 3 heterocycles. The Labute approximate surface area is 186 Å². The number of aromatic nitrogens is 2. The third-order valence-corrected chi connectivity index (χ3v) is 7.60. The Morgan fingerprint density at radius 2 is 1.81 bits per heavy atom. The molecule has 0 unspecified atom stereocenters.